The van der Waals surface area contributed by atoms with E-state index in [1.54, 1.807) is 37.5 Å². The van der Waals surface area contributed by atoms with Gasteiger partial charge in [-0.3, -0.25) is 9.97 Å². The van der Waals surface area contributed by atoms with Crippen LogP contribution in [0.5, 0.6) is 0 Å². The zero-order valence-electron chi connectivity index (χ0n) is 16.3. The molecule has 30 heavy (non-hydrogen) atoms. The minimum absolute atomic E-state index is 0.163. The maximum absolute atomic E-state index is 14.8. The smallest absolute Gasteiger partial charge is 0.239 e. The predicted molar refractivity (Wildman–Crippen MR) is 114 cm³/mol. The summed E-state index contributed by atoms with van der Waals surface area (Å²) in [4.78, 5) is 13.1. The Morgan fingerprint density at radius 3 is 2.77 bits per heavy atom. The van der Waals surface area contributed by atoms with E-state index >= 15 is 0 Å². The molecule has 1 aromatic carbocycles. The van der Waals surface area contributed by atoms with Gasteiger partial charge in [0.1, 0.15) is 11.4 Å². The van der Waals surface area contributed by atoms with Gasteiger partial charge in [-0.25, -0.2) is 22.1 Å². The zero-order chi connectivity index (χ0) is 21.7. The van der Waals surface area contributed by atoms with Crippen LogP contribution in [0.25, 0.3) is 10.9 Å². The second kappa shape index (κ2) is 7.17. The first-order chi connectivity index (χ1) is 14.1. The lowest BCUT2D eigenvalue weighted by atomic mass is 9.91. The summed E-state index contributed by atoms with van der Waals surface area (Å²) in [5.74, 6) is -1.11. The molecule has 2 aromatic heterocycles. The van der Waals surface area contributed by atoms with E-state index in [1.807, 2.05) is 6.07 Å². The molecule has 4 rings (SSSR count). The van der Waals surface area contributed by atoms with E-state index in [2.05, 4.69) is 15.0 Å². The van der Waals surface area contributed by atoms with Crippen molar-refractivity contribution in [3.8, 4) is 0 Å². The number of hydrogen-bond donors (Lipinski definition) is 1. The SMILES string of the molecule is CN1C(N)=N[C@](C)(c2cc(Cc3nccc4cc(Cl)cnc34)ccc2F)CS1(=O)=O. The number of nitrogens with zero attached hydrogens (tertiary/aromatic N) is 4. The van der Waals surface area contributed by atoms with Crippen molar-refractivity contribution in [3.05, 3.63) is 70.4 Å². The summed E-state index contributed by atoms with van der Waals surface area (Å²) in [7, 11) is -2.39. The minimum Gasteiger partial charge on any atom is -0.369 e. The highest BCUT2D eigenvalue weighted by Gasteiger charge is 2.41. The molecule has 1 atom stereocenters. The fourth-order valence-electron chi connectivity index (χ4n) is 3.60. The standard InChI is InChI=1S/C20H19ClFN5O2S/c1-20(11-30(28,29)27(2)19(23)26-20)15-7-12(3-4-16(15)22)8-17-18-13(5-6-24-17)9-14(21)10-25-18/h3-7,9-10H,8,11H2,1-2H3,(H2,23,26)/t20-/m0/s1. The molecule has 0 saturated carbocycles. The zero-order valence-corrected chi connectivity index (χ0v) is 17.9. The Hall–Kier alpha value is -2.78. The monoisotopic (exact) mass is 447 g/mol. The van der Waals surface area contributed by atoms with E-state index in [4.69, 9.17) is 17.3 Å². The van der Waals surface area contributed by atoms with Crippen LogP contribution in [-0.2, 0) is 22.0 Å². The molecule has 0 unspecified atom stereocenters. The lowest BCUT2D eigenvalue weighted by molar-refractivity contribution is 0.457. The van der Waals surface area contributed by atoms with E-state index in [9.17, 15) is 12.8 Å². The molecule has 0 spiro atoms. The fourth-order valence-corrected chi connectivity index (χ4v) is 5.21. The van der Waals surface area contributed by atoms with Gasteiger partial charge in [-0.05, 0) is 30.7 Å². The van der Waals surface area contributed by atoms with Crippen molar-refractivity contribution in [2.75, 3.05) is 12.8 Å². The number of rotatable bonds is 3. The van der Waals surface area contributed by atoms with Crippen molar-refractivity contribution in [3.63, 3.8) is 0 Å². The summed E-state index contributed by atoms with van der Waals surface area (Å²) in [6.45, 7) is 1.56. The van der Waals surface area contributed by atoms with Crippen LogP contribution >= 0.6 is 11.6 Å². The van der Waals surface area contributed by atoms with Gasteiger partial charge in [0.15, 0.2) is 0 Å². The maximum atomic E-state index is 14.8. The maximum Gasteiger partial charge on any atom is 0.239 e. The molecule has 1 aliphatic heterocycles. The number of hydrogen-bond acceptors (Lipinski definition) is 6. The van der Waals surface area contributed by atoms with Crippen molar-refractivity contribution < 1.29 is 12.8 Å². The number of fused-ring (bicyclic) bond motifs is 1. The van der Waals surface area contributed by atoms with Crippen molar-refractivity contribution in [2.45, 2.75) is 18.9 Å². The number of benzene rings is 1. The van der Waals surface area contributed by atoms with Crippen molar-refractivity contribution in [1.82, 2.24) is 14.3 Å². The minimum atomic E-state index is -3.71. The van der Waals surface area contributed by atoms with E-state index in [-0.39, 0.29) is 17.3 Å². The molecule has 0 amide bonds. The van der Waals surface area contributed by atoms with Crippen LogP contribution in [-0.4, -0.2) is 41.5 Å². The highest BCUT2D eigenvalue weighted by molar-refractivity contribution is 7.89. The van der Waals surface area contributed by atoms with Crippen LogP contribution in [0.15, 0.2) is 47.7 Å². The first-order valence-electron chi connectivity index (χ1n) is 9.09. The first kappa shape index (κ1) is 20.5. The Morgan fingerprint density at radius 2 is 2.03 bits per heavy atom. The predicted octanol–water partition coefficient (Wildman–Crippen LogP) is 2.82. The molecule has 1 aliphatic rings. The van der Waals surface area contributed by atoms with Gasteiger partial charge >= 0.3 is 0 Å². The van der Waals surface area contributed by atoms with E-state index in [1.165, 1.54) is 13.1 Å². The lowest BCUT2D eigenvalue weighted by Gasteiger charge is -2.34. The number of halogens is 2. The normalized spacial score (nSPS) is 20.9. The Bertz CT molecular complexity index is 1300. The molecule has 0 bridgehead atoms. The van der Waals surface area contributed by atoms with E-state index in [0.29, 0.717) is 22.7 Å². The third-order valence-electron chi connectivity index (χ3n) is 5.19. The number of aromatic nitrogens is 2. The van der Waals surface area contributed by atoms with Crippen LogP contribution in [0, 0.1) is 5.82 Å². The molecule has 156 valence electrons. The van der Waals surface area contributed by atoms with E-state index in [0.717, 1.165) is 15.3 Å². The number of pyridine rings is 2. The summed E-state index contributed by atoms with van der Waals surface area (Å²) in [5.41, 5.74) is 6.76. The number of nitrogens with two attached hydrogens (primary N) is 1. The number of sulfonamides is 1. The quantitative estimate of drug-likeness (QED) is 0.665. The first-order valence-corrected chi connectivity index (χ1v) is 11.1. The van der Waals surface area contributed by atoms with Gasteiger partial charge in [0.2, 0.25) is 16.0 Å². The second-order valence-electron chi connectivity index (χ2n) is 7.44. The van der Waals surface area contributed by atoms with Crippen LogP contribution in [0.2, 0.25) is 5.02 Å². The largest absolute Gasteiger partial charge is 0.369 e. The molecule has 0 saturated heterocycles. The van der Waals surface area contributed by atoms with E-state index < -0.39 is 21.4 Å². The van der Waals surface area contributed by atoms with Gasteiger partial charge in [-0.2, -0.15) is 0 Å². The molecule has 0 radical (unpaired) electrons. The molecule has 0 fully saturated rings. The van der Waals surface area contributed by atoms with Gasteiger partial charge in [0.05, 0.1) is 22.0 Å². The molecule has 0 aliphatic carbocycles. The van der Waals surface area contributed by atoms with Gasteiger partial charge in [-0.1, -0.05) is 23.7 Å². The molecule has 7 nitrogen and oxygen atoms in total. The topological polar surface area (TPSA) is 102 Å². The van der Waals surface area contributed by atoms with Crippen LogP contribution in [0.3, 0.4) is 0 Å². The average molecular weight is 448 g/mol. The van der Waals surface area contributed by atoms with Crippen LogP contribution in [0.4, 0.5) is 4.39 Å². The Morgan fingerprint density at radius 1 is 1.27 bits per heavy atom. The molecular formula is C20H19ClFN5O2S. The fraction of sp³-hybridized carbons (Fsp3) is 0.250. The summed E-state index contributed by atoms with van der Waals surface area (Å²) >= 11 is 6.02. The Balaban J connectivity index is 1.77. The molecular weight excluding hydrogens is 429 g/mol. The number of guanidine groups is 1. The Kier molecular flexibility index (Phi) is 4.90. The summed E-state index contributed by atoms with van der Waals surface area (Å²) < 4.78 is 40.6. The summed E-state index contributed by atoms with van der Waals surface area (Å²) in [6, 6.07) is 8.17. The molecule has 10 heteroatoms. The second-order valence-corrected chi connectivity index (χ2v) is 9.88. The van der Waals surface area contributed by atoms with Crippen LogP contribution < -0.4 is 5.73 Å². The molecule has 3 heterocycles. The van der Waals surface area contributed by atoms with Crippen molar-refractivity contribution in [1.29, 1.82) is 0 Å². The van der Waals surface area contributed by atoms with Crippen molar-refractivity contribution >= 4 is 38.5 Å². The highest BCUT2D eigenvalue weighted by Crippen LogP contribution is 2.34. The third-order valence-corrected chi connectivity index (χ3v) is 7.34. The number of aliphatic imine (C=N–C) groups is 1. The van der Waals surface area contributed by atoms with Gasteiger partial charge in [0, 0.05) is 36.8 Å². The third kappa shape index (κ3) is 3.59. The highest BCUT2D eigenvalue weighted by atomic mass is 35.5. The van der Waals surface area contributed by atoms with Gasteiger partial charge in [-0.15, -0.1) is 0 Å². The molecule has 3 aromatic rings. The lowest BCUT2D eigenvalue weighted by Crippen LogP contribution is -2.50. The van der Waals surface area contributed by atoms with Gasteiger partial charge < -0.3 is 5.73 Å². The average Bonchev–Trinajstić information content (AvgIpc) is 2.67. The van der Waals surface area contributed by atoms with Crippen LogP contribution in [0.1, 0.15) is 23.7 Å². The summed E-state index contributed by atoms with van der Waals surface area (Å²) in [5, 5.41) is 1.37. The van der Waals surface area contributed by atoms with Crippen molar-refractivity contribution in [2.24, 2.45) is 10.7 Å². The van der Waals surface area contributed by atoms with Gasteiger partial charge in [0.25, 0.3) is 0 Å². The summed E-state index contributed by atoms with van der Waals surface area (Å²) in [6.07, 6.45) is 3.59. The molecule has 2 N–H and O–H groups in total. The Labute approximate surface area is 178 Å².